The van der Waals surface area contributed by atoms with E-state index in [0.29, 0.717) is 42.2 Å². The molecule has 2 N–H and O–H groups in total. The maximum absolute atomic E-state index is 12.2. The number of benzene rings is 1. The number of amides is 2. The zero-order valence-corrected chi connectivity index (χ0v) is 12.0. The van der Waals surface area contributed by atoms with E-state index in [1.54, 1.807) is 36.5 Å². The maximum atomic E-state index is 12.2. The van der Waals surface area contributed by atoms with Crippen molar-refractivity contribution in [2.24, 2.45) is 0 Å². The molecule has 0 radical (unpaired) electrons. The molecule has 0 bridgehead atoms. The van der Waals surface area contributed by atoms with E-state index >= 15 is 0 Å². The van der Waals surface area contributed by atoms with Crippen molar-refractivity contribution in [3.8, 4) is 0 Å². The van der Waals surface area contributed by atoms with Gasteiger partial charge in [-0.25, -0.2) is 9.97 Å². The van der Waals surface area contributed by atoms with Crippen molar-refractivity contribution in [3.63, 3.8) is 0 Å². The summed E-state index contributed by atoms with van der Waals surface area (Å²) in [5, 5.41) is 0. The largest absolute Gasteiger partial charge is 0.384 e. The number of carbonyl (C=O) groups excluding carboxylic acids is 2. The molecule has 0 atom stereocenters. The van der Waals surface area contributed by atoms with Crippen LogP contribution in [0.5, 0.6) is 0 Å². The minimum Gasteiger partial charge on any atom is -0.384 e. The number of rotatable bonds is 5. The molecular formula is C16H16N4O2. The number of hydrogen-bond acceptors (Lipinski definition) is 5. The van der Waals surface area contributed by atoms with Gasteiger partial charge in [-0.15, -0.1) is 0 Å². The van der Waals surface area contributed by atoms with Crippen LogP contribution in [0.4, 0.5) is 5.82 Å². The quantitative estimate of drug-likeness (QED) is 0.669. The third-order valence-electron chi connectivity index (χ3n) is 3.64. The zero-order valence-electron chi connectivity index (χ0n) is 12.0. The van der Waals surface area contributed by atoms with Gasteiger partial charge in [0.05, 0.1) is 11.1 Å². The molecule has 0 aliphatic carbocycles. The number of carbonyl (C=O) groups is 2. The number of nitrogens with two attached hydrogens (primary N) is 1. The maximum Gasteiger partial charge on any atom is 0.261 e. The number of aryl methyl sites for hydroxylation is 1. The first-order valence-corrected chi connectivity index (χ1v) is 7.19. The average Bonchev–Trinajstić information content (AvgIpc) is 2.77. The van der Waals surface area contributed by atoms with Crippen LogP contribution in [0.15, 0.2) is 36.5 Å². The Balaban J connectivity index is 1.55. The molecule has 2 amide bonds. The number of unbranched alkanes of at least 4 members (excludes halogenated alkanes) is 1. The van der Waals surface area contributed by atoms with Crippen molar-refractivity contribution in [3.05, 3.63) is 53.5 Å². The monoisotopic (exact) mass is 296 g/mol. The first-order valence-electron chi connectivity index (χ1n) is 7.19. The lowest BCUT2D eigenvalue weighted by Crippen LogP contribution is -2.30. The van der Waals surface area contributed by atoms with Gasteiger partial charge in [-0.3, -0.25) is 14.5 Å². The Labute approximate surface area is 128 Å². The Bertz CT molecular complexity index is 695. The molecule has 2 aromatic rings. The van der Waals surface area contributed by atoms with Gasteiger partial charge in [0.25, 0.3) is 11.8 Å². The summed E-state index contributed by atoms with van der Waals surface area (Å²) in [5.41, 5.74) is 6.58. The van der Waals surface area contributed by atoms with Gasteiger partial charge in [0.15, 0.2) is 0 Å². The molecule has 1 aromatic carbocycles. The highest BCUT2D eigenvalue weighted by Crippen LogP contribution is 2.22. The van der Waals surface area contributed by atoms with E-state index < -0.39 is 0 Å². The second kappa shape index (κ2) is 5.93. The molecule has 1 aliphatic heterocycles. The zero-order chi connectivity index (χ0) is 15.5. The van der Waals surface area contributed by atoms with Gasteiger partial charge < -0.3 is 5.73 Å². The molecule has 1 aliphatic rings. The smallest absolute Gasteiger partial charge is 0.261 e. The number of nitrogen functional groups attached to an aromatic ring is 1. The van der Waals surface area contributed by atoms with E-state index in [-0.39, 0.29) is 11.8 Å². The standard InChI is InChI=1S/C16H16N4O2/c17-13-8-9-18-14(19-13)7-3-4-10-20-15(21)11-5-1-2-6-12(11)16(20)22/h1-2,5-6,8-9H,3-4,7,10H2,(H2,17,18,19). The van der Waals surface area contributed by atoms with Gasteiger partial charge in [0.2, 0.25) is 0 Å². The third-order valence-corrected chi connectivity index (χ3v) is 3.64. The lowest BCUT2D eigenvalue weighted by molar-refractivity contribution is 0.0652. The third kappa shape index (κ3) is 2.67. The Morgan fingerprint density at radius 1 is 1.00 bits per heavy atom. The molecule has 112 valence electrons. The molecule has 0 fully saturated rings. The highest BCUT2D eigenvalue weighted by atomic mass is 16.2. The lowest BCUT2D eigenvalue weighted by atomic mass is 10.1. The average molecular weight is 296 g/mol. The lowest BCUT2D eigenvalue weighted by Gasteiger charge is -2.13. The topological polar surface area (TPSA) is 89.2 Å². The first-order chi connectivity index (χ1) is 10.7. The highest BCUT2D eigenvalue weighted by Gasteiger charge is 2.34. The van der Waals surface area contributed by atoms with Crippen molar-refractivity contribution < 1.29 is 9.59 Å². The van der Waals surface area contributed by atoms with Crippen molar-refractivity contribution >= 4 is 17.6 Å². The molecule has 0 saturated heterocycles. The van der Waals surface area contributed by atoms with Crippen molar-refractivity contribution in [2.75, 3.05) is 12.3 Å². The van der Waals surface area contributed by atoms with Crippen LogP contribution >= 0.6 is 0 Å². The van der Waals surface area contributed by atoms with E-state index in [4.69, 9.17) is 5.73 Å². The van der Waals surface area contributed by atoms with Gasteiger partial charge in [-0.05, 0) is 31.0 Å². The number of imide groups is 1. The molecular weight excluding hydrogens is 280 g/mol. The molecule has 22 heavy (non-hydrogen) atoms. The van der Waals surface area contributed by atoms with E-state index in [2.05, 4.69) is 9.97 Å². The minimum absolute atomic E-state index is 0.208. The fourth-order valence-corrected chi connectivity index (χ4v) is 2.53. The summed E-state index contributed by atoms with van der Waals surface area (Å²) >= 11 is 0. The molecule has 6 heteroatoms. The summed E-state index contributed by atoms with van der Waals surface area (Å²) in [6, 6.07) is 8.56. The van der Waals surface area contributed by atoms with Crippen LogP contribution in [0.2, 0.25) is 0 Å². The predicted octanol–water partition coefficient (Wildman–Crippen LogP) is 1.68. The number of nitrogens with zero attached hydrogens (tertiary/aromatic N) is 3. The van der Waals surface area contributed by atoms with Crippen molar-refractivity contribution in [1.29, 1.82) is 0 Å². The molecule has 6 nitrogen and oxygen atoms in total. The molecule has 0 spiro atoms. The Morgan fingerprint density at radius 3 is 2.32 bits per heavy atom. The fourth-order valence-electron chi connectivity index (χ4n) is 2.53. The van der Waals surface area contributed by atoms with Gasteiger partial charge in [0.1, 0.15) is 11.6 Å². The summed E-state index contributed by atoms with van der Waals surface area (Å²) in [7, 11) is 0. The van der Waals surface area contributed by atoms with Gasteiger partial charge >= 0.3 is 0 Å². The van der Waals surface area contributed by atoms with E-state index in [1.165, 1.54) is 4.90 Å². The molecule has 0 unspecified atom stereocenters. The van der Waals surface area contributed by atoms with Crippen molar-refractivity contribution in [2.45, 2.75) is 19.3 Å². The summed E-state index contributed by atoms with van der Waals surface area (Å²) in [6.45, 7) is 0.411. The Morgan fingerprint density at radius 2 is 1.68 bits per heavy atom. The SMILES string of the molecule is Nc1ccnc(CCCCN2C(=O)c3ccccc3C2=O)n1. The number of fused-ring (bicyclic) bond motifs is 1. The predicted molar refractivity (Wildman–Crippen MR) is 81.2 cm³/mol. The summed E-state index contributed by atoms with van der Waals surface area (Å²) in [6.07, 6.45) is 3.80. The van der Waals surface area contributed by atoms with Crippen LogP contribution < -0.4 is 5.73 Å². The second-order valence-corrected chi connectivity index (χ2v) is 5.16. The van der Waals surface area contributed by atoms with E-state index in [1.807, 2.05) is 0 Å². The number of hydrogen-bond donors (Lipinski definition) is 1. The van der Waals surface area contributed by atoms with Crippen LogP contribution in [0, 0.1) is 0 Å². The van der Waals surface area contributed by atoms with Crippen LogP contribution in [0.1, 0.15) is 39.4 Å². The summed E-state index contributed by atoms with van der Waals surface area (Å²) in [4.78, 5) is 33.9. The molecule has 1 aromatic heterocycles. The Kier molecular flexibility index (Phi) is 3.82. The first kappa shape index (κ1) is 14.2. The van der Waals surface area contributed by atoms with Gasteiger partial charge in [0, 0.05) is 19.2 Å². The minimum atomic E-state index is -0.208. The fraction of sp³-hybridized carbons (Fsp3) is 0.250. The number of aromatic nitrogens is 2. The van der Waals surface area contributed by atoms with Crippen LogP contribution in [0.25, 0.3) is 0 Å². The van der Waals surface area contributed by atoms with E-state index in [0.717, 1.165) is 6.42 Å². The second-order valence-electron chi connectivity index (χ2n) is 5.16. The Hall–Kier alpha value is -2.76. The van der Waals surface area contributed by atoms with Crippen LogP contribution in [-0.2, 0) is 6.42 Å². The van der Waals surface area contributed by atoms with Gasteiger partial charge in [-0.2, -0.15) is 0 Å². The molecule has 0 saturated carbocycles. The normalized spacial score (nSPS) is 13.5. The summed E-state index contributed by atoms with van der Waals surface area (Å²) in [5.74, 6) is 0.717. The van der Waals surface area contributed by atoms with Gasteiger partial charge in [-0.1, -0.05) is 12.1 Å². The highest BCUT2D eigenvalue weighted by molar-refractivity contribution is 6.21. The van der Waals surface area contributed by atoms with E-state index in [9.17, 15) is 9.59 Å². The van der Waals surface area contributed by atoms with Crippen LogP contribution in [0.3, 0.4) is 0 Å². The number of anilines is 1. The molecule has 3 rings (SSSR count). The molecule has 2 heterocycles. The van der Waals surface area contributed by atoms with Crippen molar-refractivity contribution in [1.82, 2.24) is 14.9 Å². The van der Waals surface area contributed by atoms with Crippen LogP contribution in [-0.4, -0.2) is 33.2 Å². The summed E-state index contributed by atoms with van der Waals surface area (Å²) < 4.78 is 0.